The minimum Gasteiger partial charge on any atom is -0.497 e. The molecular weight excluding hydrogens is 452 g/mol. The van der Waals surface area contributed by atoms with Gasteiger partial charge in [-0.2, -0.15) is 4.52 Å². The molecule has 1 unspecified atom stereocenters. The Bertz CT molecular complexity index is 1370. The van der Waals surface area contributed by atoms with E-state index < -0.39 is 0 Å². The number of hydrogen-bond acceptors (Lipinski definition) is 6. The maximum Gasteiger partial charge on any atom is 0.223 e. The highest BCUT2D eigenvalue weighted by Crippen LogP contribution is 2.26. The molecule has 1 fully saturated rings. The highest BCUT2D eigenvalue weighted by Gasteiger charge is 2.27. The Morgan fingerprint density at radius 3 is 2.44 bits per heavy atom. The molecule has 186 valence electrons. The van der Waals surface area contributed by atoms with E-state index in [0.717, 1.165) is 48.6 Å². The minimum absolute atomic E-state index is 0.00347. The molecule has 0 radical (unpaired) electrons. The normalized spacial score (nSPS) is 15.2. The number of hydrogen-bond donors (Lipinski definition) is 1. The SMILES string of the molecule is COc1ccc(-c2nnc3ccc(N4CCC(C(=O)NC(C)c5ccc(C)c(C)c5)CC4)nn23)cc1. The molecule has 2 aromatic heterocycles. The zero-order valence-corrected chi connectivity index (χ0v) is 21.2. The second-order valence-electron chi connectivity index (χ2n) is 9.55. The molecule has 36 heavy (non-hydrogen) atoms. The first-order valence-corrected chi connectivity index (χ1v) is 12.4. The van der Waals surface area contributed by atoms with E-state index in [1.807, 2.05) is 36.4 Å². The predicted octanol–water partition coefficient (Wildman–Crippen LogP) is 4.51. The summed E-state index contributed by atoms with van der Waals surface area (Å²) in [5, 5.41) is 16.7. The largest absolute Gasteiger partial charge is 0.497 e. The number of carbonyl (C=O) groups is 1. The summed E-state index contributed by atoms with van der Waals surface area (Å²) < 4.78 is 7.04. The van der Waals surface area contributed by atoms with Crippen molar-refractivity contribution in [1.82, 2.24) is 25.1 Å². The molecule has 1 aliphatic rings. The van der Waals surface area contributed by atoms with Crippen LogP contribution in [0.3, 0.4) is 0 Å². The molecule has 8 nitrogen and oxygen atoms in total. The fourth-order valence-corrected chi connectivity index (χ4v) is 4.69. The number of aryl methyl sites for hydroxylation is 2. The van der Waals surface area contributed by atoms with Crippen LogP contribution < -0.4 is 15.0 Å². The van der Waals surface area contributed by atoms with Crippen molar-refractivity contribution in [3.63, 3.8) is 0 Å². The van der Waals surface area contributed by atoms with E-state index in [0.29, 0.717) is 11.5 Å². The smallest absolute Gasteiger partial charge is 0.223 e. The van der Waals surface area contributed by atoms with Crippen LogP contribution in [0.15, 0.2) is 54.6 Å². The third-order valence-corrected chi connectivity index (χ3v) is 7.18. The van der Waals surface area contributed by atoms with Crippen molar-refractivity contribution < 1.29 is 9.53 Å². The molecule has 4 aromatic rings. The number of carbonyl (C=O) groups excluding carboxylic acids is 1. The molecule has 0 saturated carbocycles. The summed E-state index contributed by atoms with van der Waals surface area (Å²) in [6.07, 6.45) is 1.58. The Balaban J connectivity index is 1.24. The summed E-state index contributed by atoms with van der Waals surface area (Å²) in [5.41, 5.74) is 5.26. The number of piperidine rings is 1. The third-order valence-electron chi connectivity index (χ3n) is 7.18. The topological polar surface area (TPSA) is 84.7 Å². The zero-order valence-electron chi connectivity index (χ0n) is 21.2. The van der Waals surface area contributed by atoms with Gasteiger partial charge >= 0.3 is 0 Å². The van der Waals surface area contributed by atoms with Gasteiger partial charge in [-0.15, -0.1) is 15.3 Å². The molecule has 3 heterocycles. The van der Waals surface area contributed by atoms with Crippen LogP contribution in [-0.2, 0) is 4.79 Å². The first-order valence-electron chi connectivity index (χ1n) is 12.4. The monoisotopic (exact) mass is 484 g/mol. The van der Waals surface area contributed by atoms with Crippen molar-refractivity contribution in [3.05, 3.63) is 71.3 Å². The number of benzene rings is 2. The van der Waals surface area contributed by atoms with Crippen LogP contribution in [0.2, 0.25) is 0 Å². The summed E-state index contributed by atoms with van der Waals surface area (Å²) in [5.74, 6) is 2.47. The minimum atomic E-state index is -0.0102. The van der Waals surface area contributed by atoms with Gasteiger partial charge in [-0.25, -0.2) is 0 Å². The van der Waals surface area contributed by atoms with Crippen molar-refractivity contribution in [2.75, 3.05) is 25.1 Å². The highest BCUT2D eigenvalue weighted by atomic mass is 16.5. The Morgan fingerprint density at radius 1 is 1.00 bits per heavy atom. The average Bonchev–Trinajstić information content (AvgIpc) is 3.33. The van der Waals surface area contributed by atoms with Gasteiger partial charge < -0.3 is 15.0 Å². The van der Waals surface area contributed by atoms with Crippen molar-refractivity contribution in [2.45, 2.75) is 39.7 Å². The van der Waals surface area contributed by atoms with Gasteiger partial charge in [-0.3, -0.25) is 4.79 Å². The summed E-state index contributed by atoms with van der Waals surface area (Å²) in [4.78, 5) is 15.2. The number of ether oxygens (including phenoxy) is 1. The quantitative estimate of drug-likeness (QED) is 0.434. The van der Waals surface area contributed by atoms with Crippen molar-refractivity contribution in [3.8, 4) is 17.1 Å². The first-order chi connectivity index (χ1) is 17.4. The number of methoxy groups -OCH3 is 1. The third kappa shape index (κ3) is 4.76. The first kappa shape index (κ1) is 23.8. The maximum atomic E-state index is 13.0. The second-order valence-corrected chi connectivity index (χ2v) is 9.55. The highest BCUT2D eigenvalue weighted by molar-refractivity contribution is 5.79. The Morgan fingerprint density at radius 2 is 1.75 bits per heavy atom. The van der Waals surface area contributed by atoms with Crippen LogP contribution in [0.4, 0.5) is 5.82 Å². The summed E-state index contributed by atoms with van der Waals surface area (Å²) in [6, 6.07) is 18.0. The number of rotatable bonds is 6. The predicted molar refractivity (Wildman–Crippen MR) is 140 cm³/mol. The molecule has 1 aliphatic heterocycles. The van der Waals surface area contributed by atoms with Gasteiger partial charge in [0.05, 0.1) is 13.2 Å². The summed E-state index contributed by atoms with van der Waals surface area (Å²) >= 11 is 0. The average molecular weight is 485 g/mol. The van der Waals surface area contributed by atoms with Gasteiger partial charge in [0.1, 0.15) is 11.6 Å². The lowest BCUT2D eigenvalue weighted by atomic mass is 9.95. The lowest BCUT2D eigenvalue weighted by Crippen LogP contribution is -2.41. The van der Waals surface area contributed by atoms with Crippen LogP contribution in [0.25, 0.3) is 17.0 Å². The van der Waals surface area contributed by atoms with Crippen LogP contribution >= 0.6 is 0 Å². The number of anilines is 1. The van der Waals surface area contributed by atoms with Crippen molar-refractivity contribution >= 4 is 17.4 Å². The van der Waals surface area contributed by atoms with Crippen LogP contribution in [-0.4, -0.2) is 45.9 Å². The summed E-state index contributed by atoms with van der Waals surface area (Å²) in [6.45, 7) is 7.80. The number of amides is 1. The Hall–Kier alpha value is -3.94. The van der Waals surface area contributed by atoms with E-state index >= 15 is 0 Å². The van der Waals surface area contributed by atoms with E-state index in [-0.39, 0.29) is 17.9 Å². The van der Waals surface area contributed by atoms with Gasteiger partial charge in [0.15, 0.2) is 11.5 Å². The molecule has 5 rings (SSSR count). The number of nitrogens with one attached hydrogen (secondary N) is 1. The van der Waals surface area contributed by atoms with Gasteiger partial charge in [0.2, 0.25) is 5.91 Å². The fraction of sp³-hybridized carbons (Fsp3) is 0.357. The molecule has 8 heteroatoms. The van der Waals surface area contributed by atoms with Crippen LogP contribution in [0.5, 0.6) is 5.75 Å². The number of nitrogens with zero attached hydrogens (tertiary/aromatic N) is 5. The molecule has 2 aromatic carbocycles. The number of aromatic nitrogens is 4. The van der Waals surface area contributed by atoms with Gasteiger partial charge in [-0.1, -0.05) is 18.2 Å². The molecule has 1 saturated heterocycles. The number of fused-ring (bicyclic) bond motifs is 1. The lowest BCUT2D eigenvalue weighted by molar-refractivity contribution is -0.126. The van der Waals surface area contributed by atoms with Gasteiger partial charge in [0.25, 0.3) is 0 Å². The summed E-state index contributed by atoms with van der Waals surface area (Å²) in [7, 11) is 1.65. The van der Waals surface area contributed by atoms with Crippen LogP contribution in [0, 0.1) is 19.8 Å². The molecule has 0 spiro atoms. The fourth-order valence-electron chi connectivity index (χ4n) is 4.69. The van der Waals surface area contributed by atoms with E-state index in [1.165, 1.54) is 11.1 Å². The van der Waals surface area contributed by atoms with E-state index in [1.54, 1.807) is 11.6 Å². The van der Waals surface area contributed by atoms with Gasteiger partial charge in [-0.05, 0) is 86.7 Å². The van der Waals surface area contributed by atoms with Crippen molar-refractivity contribution in [2.24, 2.45) is 5.92 Å². The van der Waals surface area contributed by atoms with Gasteiger partial charge in [0, 0.05) is 24.6 Å². The maximum absolute atomic E-state index is 13.0. The standard InChI is InChI=1S/C28H32N6O2/c1-18-5-6-23(17-19(18)2)20(3)29-28(35)22-13-15-33(16-14-22)26-12-11-25-30-31-27(34(25)32-26)21-7-9-24(36-4)10-8-21/h5-12,17,20,22H,13-16H2,1-4H3,(H,29,35). The van der Waals surface area contributed by atoms with E-state index in [9.17, 15) is 4.79 Å². The second kappa shape index (κ2) is 9.97. The lowest BCUT2D eigenvalue weighted by Gasteiger charge is -2.32. The van der Waals surface area contributed by atoms with E-state index in [2.05, 4.69) is 59.4 Å². The molecule has 1 N–H and O–H groups in total. The molecule has 0 aliphatic carbocycles. The van der Waals surface area contributed by atoms with E-state index in [4.69, 9.17) is 9.84 Å². The molecule has 1 atom stereocenters. The molecule has 0 bridgehead atoms. The Labute approximate surface area is 211 Å². The molecule has 1 amide bonds. The zero-order chi connectivity index (χ0) is 25.2. The Kier molecular flexibility index (Phi) is 6.59. The molecular formula is C28H32N6O2. The van der Waals surface area contributed by atoms with Crippen molar-refractivity contribution in [1.29, 1.82) is 0 Å². The van der Waals surface area contributed by atoms with Crippen LogP contribution in [0.1, 0.15) is 42.5 Å².